The Bertz CT molecular complexity index is 402. The predicted octanol–water partition coefficient (Wildman–Crippen LogP) is 3.51. The van der Waals surface area contributed by atoms with Gasteiger partial charge < -0.3 is 5.73 Å². The van der Waals surface area contributed by atoms with Crippen LogP contribution in [0.2, 0.25) is 0 Å². The fourth-order valence-corrected chi connectivity index (χ4v) is 3.46. The first-order valence-electron chi connectivity index (χ1n) is 7.78. The fraction of sp³-hybridized carbons (Fsp3) is 0.647. The van der Waals surface area contributed by atoms with Crippen molar-refractivity contribution in [2.24, 2.45) is 5.73 Å². The van der Waals surface area contributed by atoms with Gasteiger partial charge in [-0.05, 0) is 50.3 Å². The van der Waals surface area contributed by atoms with E-state index in [0.29, 0.717) is 12.1 Å². The number of hydrogen-bond donors (Lipinski definition) is 1. The number of likely N-dealkylation sites (N-methyl/N-ethyl adjacent to an activating group) is 1. The minimum Gasteiger partial charge on any atom is -0.323 e. The van der Waals surface area contributed by atoms with Gasteiger partial charge in [-0.3, -0.25) is 4.90 Å². The second-order valence-electron chi connectivity index (χ2n) is 5.77. The number of fused-ring (bicyclic) bond motifs is 1. The number of nitrogens with two attached hydrogens (primary N) is 1. The maximum Gasteiger partial charge on any atom is 0.0455 e. The molecule has 3 atom stereocenters. The molecule has 0 amide bonds. The Kier molecular flexibility index (Phi) is 5.00. The Balaban J connectivity index is 2.27. The number of rotatable bonds is 4. The number of hydrogen-bond acceptors (Lipinski definition) is 2. The van der Waals surface area contributed by atoms with Crippen molar-refractivity contribution >= 4 is 0 Å². The lowest BCUT2D eigenvalue weighted by molar-refractivity contribution is 0.120. The number of benzene rings is 1. The van der Waals surface area contributed by atoms with Gasteiger partial charge in [-0.2, -0.15) is 0 Å². The molecule has 1 aliphatic rings. The van der Waals surface area contributed by atoms with Gasteiger partial charge in [-0.1, -0.05) is 38.1 Å². The summed E-state index contributed by atoms with van der Waals surface area (Å²) in [4.78, 5) is 2.60. The first-order chi connectivity index (χ1) is 9.19. The van der Waals surface area contributed by atoms with Gasteiger partial charge in [0.15, 0.2) is 0 Å². The smallest absolute Gasteiger partial charge is 0.0455 e. The first-order valence-corrected chi connectivity index (χ1v) is 7.78. The lowest BCUT2D eigenvalue weighted by Gasteiger charge is -2.38. The van der Waals surface area contributed by atoms with Crippen molar-refractivity contribution in [2.75, 3.05) is 6.54 Å². The Morgan fingerprint density at radius 3 is 2.74 bits per heavy atom. The molecule has 0 aromatic heterocycles. The molecule has 0 fully saturated rings. The Morgan fingerprint density at radius 1 is 1.32 bits per heavy atom. The van der Waals surface area contributed by atoms with E-state index in [1.165, 1.54) is 36.8 Å². The molecule has 2 N–H and O–H groups in total. The van der Waals surface area contributed by atoms with E-state index in [2.05, 4.69) is 49.9 Å². The van der Waals surface area contributed by atoms with Crippen LogP contribution in [0.15, 0.2) is 24.3 Å². The van der Waals surface area contributed by atoms with Crippen LogP contribution in [0.25, 0.3) is 0 Å². The van der Waals surface area contributed by atoms with Gasteiger partial charge in [0.25, 0.3) is 0 Å². The van der Waals surface area contributed by atoms with Gasteiger partial charge in [0, 0.05) is 18.1 Å². The third kappa shape index (κ3) is 3.01. The van der Waals surface area contributed by atoms with Gasteiger partial charge in [-0.25, -0.2) is 0 Å². The molecule has 1 aromatic rings. The number of aryl methyl sites for hydroxylation is 1. The molecular weight excluding hydrogens is 232 g/mol. The SMILES string of the molecule is CCC(C)N(CC)C1CCCc2ccccc2C1N. The van der Waals surface area contributed by atoms with E-state index < -0.39 is 0 Å². The van der Waals surface area contributed by atoms with Crippen LogP contribution in [-0.2, 0) is 6.42 Å². The molecule has 1 aromatic carbocycles. The molecule has 0 heterocycles. The van der Waals surface area contributed by atoms with Gasteiger partial charge in [0.1, 0.15) is 0 Å². The third-order valence-electron chi connectivity index (χ3n) is 4.72. The van der Waals surface area contributed by atoms with E-state index in [4.69, 9.17) is 5.73 Å². The maximum atomic E-state index is 6.62. The highest BCUT2D eigenvalue weighted by molar-refractivity contribution is 5.32. The molecule has 0 bridgehead atoms. The molecular formula is C17H28N2. The summed E-state index contributed by atoms with van der Waals surface area (Å²) in [5.74, 6) is 0. The van der Waals surface area contributed by atoms with Gasteiger partial charge in [0.2, 0.25) is 0 Å². The summed E-state index contributed by atoms with van der Waals surface area (Å²) in [6.45, 7) is 7.95. The van der Waals surface area contributed by atoms with Gasteiger partial charge >= 0.3 is 0 Å². The summed E-state index contributed by atoms with van der Waals surface area (Å²) in [6.07, 6.45) is 4.84. The minimum absolute atomic E-state index is 0.160. The quantitative estimate of drug-likeness (QED) is 0.839. The summed E-state index contributed by atoms with van der Waals surface area (Å²) in [5, 5.41) is 0. The lowest BCUT2D eigenvalue weighted by Crippen LogP contribution is -2.46. The molecule has 2 nitrogen and oxygen atoms in total. The average molecular weight is 260 g/mol. The van der Waals surface area contributed by atoms with Crippen LogP contribution in [0.4, 0.5) is 0 Å². The minimum atomic E-state index is 0.160. The predicted molar refractivity (Wildman–Crippen MR) is 82.2 cm³/mol. The Labute approximate surface area is 118 Å². The highest BCUT2D eigenvalue weighted by Crippen LogP contribution is 2.31. The van der Waals surface area contributed by atoms with Crippen LogP contribution in [0, 0.1) is 0 Å². The fourth-order valence-electron chi connectivity index (χ4n) is 3.46. The molecule has 3 unspecified atom stereocenters. The largest absolute Gasteiger partial charge is 0.323 e. The molecule has 0 saturated heterocycles. The van der Waals surface area contributed by atoms with E-state index >= 15 is 0 Å². The summed E-state index contributed by atoms with van der Waals surface area (Å²) >= 11 is 0. The molecule has 106 valence electrons. The van der Waals surface area contributed by atoms with Gasteiger partial charge in [-0.15, -0.1) is 0 Å². The van der Waals surface area contributed by atoms with Crippen molar-refractivity contribution in [1.29, 1.82) is 0 Å². The van der Waals surface area contributed by atoms with Crippen molar-refractivity contribution in [3.05, 3.63) is 35.4 Å². The van der Waals surface area contributed by atoms with Crippen LogP contribution in [-0.4, -0.2) is 23.5 Å². The highest BCUT2D eigenvalue weighted by atomic mass is 15.2. The van der Waals surface area contributed by atoms with E-state index in [0.717, 1.165) is 6.54 Å². The molecule has 0 saturated carbocycles. The maximum absolute atomic E-state index is 6.62. The molecule has 0 aliphatic heterocycles. The first kappa shape index (κ1) is 14.5. The van der Waals surface area contributed by atoms with E-state index in [1.807, 2.05) is 0 Å². The second kappa shape index (κ2) is 6.53. The normalized spacial score (nSPS) is 24.9. The molecule has 2 rings (SSSR count). The monoisotopic (exact) mass is 260 g/mol. The highest BCUT2D eigenvalue weighted by Gasteiger charge is 2.30. The molecule has 2 heteroatoms. The van der Waals surface area contributed by atoms with Gasteiger partial charge in [0.05, 0.1) is 0 Å². The zero-order valence-electron chi connectivity index (χ0n) is 12.6. The molecule has 1 aliphatic carbocycles. The van der Waals surface area contributed by atoms with Crippen molar-refractivity contribution in [3.8, 4) is 0 Å². The Morgan fingerprint density at radius 2 is 2.05 bits per heavy atom. The standard InChI is InChI=1S/C17H28N2/c1-4-13(3)19(5-2)16-12-8-10-14-9-6-7-11-15(14)17(16)18/h6-7,9,11,13,16-17H,4-5,8,10,12,18H2,1-3H3. The van der Waals surface area contributed by atoms with Crippen molar-refractivity contribution in [3.63, 3.8) is 0 Å². The third-order valence-corrected chi connectivity index (χ3v) is 4.72. The molecule has 19 heavy (non-hydrogen) atoms. The van der Waals surface area contributed by atoms with Crippen LogP contribution in [0.1, 0.15) is 57.2 Å². The molecule has 0 radical (unpaired) electrons. The van der Waals surface area contributed by atoms with Crippen LogP contribution >= 0.6 is 0 Å². The number of nitrogens with zero attached hydrogens (tertiary/aromatic N) is 1. The van der Waals surface area contributed by atoms with Crippen molar-refractivity contribution in [1.82, 2.24) is 4.90 Å². The van der Waals surface area contributed by atoms with Crippen LogP contribution < -0.4 is 5.73 Å². The summed E-state index contributed by atoms with van der Waals surface area (Å²) in [7, 11) is 0. The van der Waals surface area contributed by atoms with E-state index in [-0.39, 0.29) is 6.04 Å². The lowest BCUT2D eigenvalue weighted by atomic mass is 9.95. The zero-order valence-corrected chi connectivity index (χ0v) is 12.6. The van der Waals surface area contributed by atoms with Crippen LogP contribution in [0.5, 0.6) is 0 Å². The average Bonchev–Trinajstić information content (AvgIpc) is 2.60. The Hall–Kier alpha value is -0.860. The van der Waals surface area contributed by atoms with Crippen LogP contribution in [0.3, 0.4) is 0 Å². The van der Waals surface area contributed by atoms with E-state index in [9.17, 15) is 0 Å². The molecule has 0 spiro atoms. The summed E-state index contributed by atoms with van der Waals surface area (Å²) < 4.78 is 0. The van der Waals surface area contributed by atoms with Crippen molar-refractivity contribution < 1.29 is 0 Å². The van der Waals surface area contributed by atoms with E-state index in [1.54, 1.807) is 0 Å². The summed E-state index contributed by atoms with van der Waals surface area (Å²) in [5.41, 5.74) is 9.44. The zero-order chi connectivity index (χ0) is 13.8. The topological polar surface area (TPSA) is 29.3 Å². The summed E-state index contributed by atoms with van der Waals surface area (Å²) in [6, 6.07) is 10.0. The second-order valence-corrected chi connectivity index (χ2v) is 5.77. The van der Waals surface area contributed by atoms with Crippen molar-refractivity contribution in [2.45, 2.75) is 64.6 Å².